The molecule has 3 heteroatoms. The van der Waals surface area contributed by atoms with Gasteiger partial charge in [-0.25, -0.2) is 4.85 Å². The number of hydrogen-bond acceptors (Lipinski definition) is 0. The first-order valence-electron chi connectivity index (χ1n) is 7.13. The van der Waals surface area contributed by atoms with E-state index in [0.717, 1.165) is 12.1 Å². The van der Waals surface area contributed by atoms with E-state index in [9.17, 15) is 0 Å². The Morgan fingerprint density at radius 1 is 1.14 bits per heavy atom. The lowest BCUT2D eigenvalue weighted by atomic mass is 9.98. The smallest absolute Gasteiger partial charge is 0.204 e. The number of benzene rings is 2. The van der Waals surface area contributed by atoms with Crippen LogP contribution in [0.3, 0.4) is 0 Å². The van der Waals surface area contributed by atoms with E-state index < -0.39 is 0 Å². The van der Waals surface area contributed by atoms with Crippen LogP contribution in [0.4, 0.5) is 5.69 Å². The van der Waals surface area contributed by atoms with Gasteiger partial charge in [0, 0.05) is 0 Å². The molecule has 1 aliphatic rings. The summed E-state index contributed by atoms with van der Waals surface area (Å²) in [6.07, 6.45) is 2.18. The second-order valence-corrected chi connectivity index (χ2v) is 5.86. The van der Waals surface area contributed by atoms with Gasteiger partial charge in [-0.1, -0.05) is 18.2 Å². The van der Waals surface area contributed by atoms with Gasteiger partial charge in [-0.3, -0.25) is 0 Å². The largest absolute Gasteiger partial charge is 0.238 e. The normalized spacial score (nSPS) is 12.3. The summed E-state index contributed by atoms with van der Waals surface area (Å²) >= 11 is 0. The molecule has 0 bridgehead atoms. The summed E-state index contributed by atoms with van der Waals surface area (Å²) < 4.78 is 4.52. The van der Waals surface area contributed by atoms with E-state index in [4.69, 9.17) is 6.57 Å². The molecule has 1 aliphatic heterocycles. The fourth-order valence-corrected chi connectivity index (χ4v) is 3.38. The van der Waals surface area contributed by atoms with E-state index in [1.807, 2.05) is 18.2 Å². The van der Waals surface area contributed by atoms with Gasteiger partial charge in [0.15, 0.2) is 12.2 Å². The van der Waals surface area contributed by atoms with Gasteiger partial charge in [-0.05, 0) is 43.5 Å². The summed E-state index contributed by atoms with van der Waals surface area (Å²) in [7, 11) is 0. The summed E-state index contributed by atoms with van der Waals surface area (Å²) in [4.78, 5) is 3.57. The van der Waals surface area contributed by atoms with E-state index in [-0.39, 0.29) is 0 Å². The molecule has 21 heavy (non-hydrogen) atoms. The molecule has 0 unspecified atom stereocenters. The molecule has 0 saturated carbocycles. The Balaban J connectivity index is 2.14. The highest BCUT2D eigenvalue weighted by Gasteiger charge is 2.31. The maximum absolute atomic E-state index is 7.23. The van der Waals surface area contributed by atoms with Crippen LogP contribution in [-0.4, -0.2) is 4.68 Å². The number of rotatable bonds is 0. The third-order valence-corrected chi connectivity index (χ3v) is 4.59. The molecule has 0 radical (unpaired) electrons. The number of aryl methyl sites for hydroxylation is 2. The highest BCUT2D eigenvalue weighted by Crippen LogP contribution is 2.32. The zero-order valence-corrected chi connectivity index (χ0v) is 12.4. The van der Waals surface area contributed by atoms with Crippen LogP contribution in [0.15, 0.2) is 30.5 Å². The quantitative estimate of drug-likeness (QED) is 0.342. The van der Waals surface area contributed by atoms with Gasteiger partial charge in [-0.2, -0.15) is 0 Å². The van der Waals surface area contributed by atoms with E-state index >= 15 is 0 Å². The summed E-state index contributed by atoms with van der Waals surface area (Å²) in [5, 5.41) is 1.19. The van der Waals surface area contributed by atoms with Crippen LogP contribution >= 0.6 is 0 Å². The fraction of sp³-hybridized carbons (Fsp3) is 0.222. The summed E-state index contributed by atoms with van der Waals surface area (Å²) in [6.45, 7) is 14.7. The molecule has 0 fully saturated rings. The molecule has 3 aromatic rings. The highest BCUT2D eigenvalue weighted by atomic mass is 15.4. The van der Waals surface area contributed by atoms with E-state index in [1.165, 1.54) is 33.3 Å². The van der Waals surface area contributed by atoms with E-state index in [2.05, 4.69) is 47.2 Å². The molecule has 0 spiro atoms. The minimum Gasteiger partial charge on any atom is -0.238 e. The number of aromatic nitrogens is 2. The molecular weight excluding hydrogens is 258 g/mol. The van der Waals surface area contributed by atoms with Crippen LogP contribution in [0, 0.1) is 27.3 Å². The summed E-state index contributed by atoms with van der Waals surface area (Å²) in [5.41, 5.74) is 8.50. The van der Waals surface area contributed by atoms with Crippen LogP contribution in [-0.2, 0) is 6.54 Å². The van der Waals surface area contributed by atoms with E-state index in [1.54, 1.807) is 0 Å². The minimum atomic E-state index is 0.694. The number of hydrogen-bond donors (Lipinski definition) is 0. The second kappa shape index (κ2) is 3.95. The molecular formula is C18H16N3+. The van der Waals surface area contributed by atoms with Crippen molar-refractivity contribution in [3.63, 3.8) is 0 Å². The number of nitrogens with zero attached hydrogens (tertiary/aromatic N) is 3. The Labute approximate surface area is 123 Å². The van der Waals surface area contributed by atoms with E-state index in [0.29, 0.717) is 5.69 Å². The molecule has 1 aromatic heterocycles. The summed E-state index contributed by atoms with van der Waals surface area (Å²) in [5.74, 6) is 0. The van der Waals surface area contributed by atoms with Crippen LogP contribution in [0.5, 0.6) is 0 Å². The molecule has 2 aromatic carbocycles. The predicted octanol–water partition coefficient (Wildman–Crippen LogP) is 3.76. The van der Waals surface area contributed by atoms with Gasteiger partial charge in [0.2, 0.25) is 6.20 Å². The van der Waals surface area contributed by atoms with Crippen molar-refractivity contribution in [3.8, 4) is 5.69 Å². The predicted molar refractivity (Wildman–Crippen MR) is 83.0 cm³/mol. The van der Waals surface area contributed by atoms with Crippen LogP contribution < -0.4 is 4.68 Å². The lowest BCUT2D eigenvalue weighted by Crippen LogP contribution is -2.36. The van der Waals surface area contributed by atoms with Gasteiger partial charge in [-0.15, -0.1) is 9.36 Å². The van der Waals surface area contributed by atoms with Gasteiger partial charge in [0.05, 0.1) is 17.5 Å². The van der Waals surface area contributed by atoms with Crippen molar-refractivity contribution in [2.24, 2.45) is 0 Å². The Bertz CT molecular complexity index is 955. The summed E-state index contributed by atoms with van der Waals surface area (Å²) in [6, 6.07) is 8.19. The Morgan fingerprint density at radius 3 is 2.71 bits per heavy atom. The Hall–Kier alpha value is -2.60. The highest BCUT2D eigenvalue weighted by molar-refractivity contribution is 5.84. The Kier molecular flexibility index (Phi) is 2.29. The van der Waals surface area contributed by atoms with Crippen molar-refractivity contribution in [2.75, 3.05) is 0 Å². The van der Waals surface area contributed by atoms with Crippen molar-refractivity contribution >= 4 is 16.6 Å². The van der Waals surface area contributed by atoms with Crippen molar-refractivity contribution in [1.82, 2.24) is 4.68 Å². The lowest BCUT2D eigenvalue weighted by molar-refractivity contribution is -0.749. The monoisotopic (exact) mass is 274 g/mol. The van der Waals surface area contributed by atoms with Crippen molar-refractivity contribution in [3.05, 3.63) is 64.1 Å². The fourth-order valence-electron chi connectivity index (χ4n) is 3.38. The van der Waals surface area contributed by atoms with Gasteiger partial charge < -0.3 is 0 Å². The first-order chi connectivity index (χ1) is 10.1. The molecule has 102 valence electrons. The maximum Gasteiger partial charge on any atom is 0.204 e. The Morgan fingerprint density at radius 2 is 1.95 bits per heavy atom. The zero-order chi connectivity index (χ0) is 14.7. The molecule has 0 N–H and O–H groups in total. The third kappa shape index (κ3) is 1.50. The SMILES string of the molecule is [C-]#[N+]c1ccc2c[n+]3n(c2c1)-c1c(C)c(C)cc(C)c1C3. The molecule has 0 aliphatic carbocycles. The molecule has 4 rings (SSSR count). The lowest BCUT2D eigenvalue weighted by Gasteiger charge is -2.09. The average Bonchev–Trinajstić information content (AvgIpc) is 3.00. The maximum atomic E-state index is 7.23. The minimum absolute atomic E-state index is 0.694. The third-order valence-electron chi connectivity index (χ3n) is 4.59. The molecule has 0 atom stereocenters. The molecule has 0 saturated heterocycles. The molecule has 0 amide bonds. The van der Waals surface area contributed by atoms with Gasteiger partial charge in [0.25, 0.3) is 0 Å². The van der Waals surface area contributed by atoms with Crippen LogP contribution in [0.2, 0.25) is 0 Å². The standard InChI is InChI=1S/C18H16N3/c1-11-7-12(2)16-10-20-9-14-5-6-15(19-4)8-17(14)21(20)18(16)13(11)3/h5-9H,10H2,1-3H3/q+1. The van der Waals surface area contributed by atoms with Gasteiger partial charge >= 0.3 is 0 Å². The molecule has 3 nitrogen and oxygen atoms in total. The van der Waals surface area contributed by atoms with Crippen LogP contribution in [0.1, 0.15) is 22.3 Å². The van der Waals surface area contributed by atoms with Crippen LogP contribution in [0.25, 0.3) is 21.4 Å². The second-order valence-electron chi connectivity index (χ2n) is 5.86. The number of fused-ring (bicyclic) bond motifs is 5. The average molecular weight is 274 g/mol. The first kappa shape index (κ1) is 12.2. The van der Waals surface area contributed by atoms with Crippen molar-refractivity contribution in [2.45, 2.75) is 27.3 Å². The van der Waals surface area contributed by atoms with Gasteiger partial charge in [0.1, 0.15) is 11.2 Å². The zero-order valence-electron chi connectivity index (χ0n) is 12.4. The van der Waals surface area contributed by atoms with Crippen molar-refractivity contribution in [1.29, 1.82) is 0 Å². The van der Waals surface area contributed by atoms with Crippen molar-refractivity contribution < 1.29 is 4.68 Å². The molecule has 2 heterocycles. The first-order valence-corrected chi connectivity index (χ1v) is 7.13. The topological polar surface area (TPSA) is 13.2 Å².